The van der Waals surface area contributed by atoms with Crippen LogP contribution in [0.1, 0.15) is 99.8 Å². The van der Waals surface area contributed by atoms with Gasteiger partial charge in [0.15, 0.2) is 0 Å². The normalized spacial score (nSPS) is 15.4. The fraction of sp³-hybridized carbons (Fsp3) is 0.455. The summed E-state index contributed by atoms with van der Waals surface area (Å²) in [6.45, 7) is 15.7. The second-order valence-corrected chi connectivity index (χ2v) is 19.6. The number of carbonyl (C=O) groups is 2. The minimum atomic E-state index is -4.48. The monoisotopic (exact) mass is 959 g/mol. The number of carbonyl (C=O) groups excluding carboxylic acids is 1. The molecule has 69 heavy (non-hydrogen) atoms. The van der Waals surface area contributed by atoms with Gasteiger partial charge in [-0.05, 0) is 177 Å². The number of alkyl halides is 3. The molecule has 0 saturated carbocycles. The van der Waals surface area contributed by atoms with Crippen LogP contribution in [0.5, 0.6) is 0 Å². The largest absolute Gasteiger partial charge is 0.477 e. The average molecular weight is 959 g/mol. The lowest BCUT2D eigenvalue weighted by Crippen LogP contribution is -2.51. The number of rotatable bonds is 14. The molecule has 2 fully saturated rings. The lowest BCUT2D eigenvalue weighted by Gasteiger charge is -2.44. The second-order valence-electron chi connectivity index (χ2n) is 19.6. The van der Waals surface area contributed by atoms with Gasteiger partial charge in [0.2, 0.25) is 0 Å². The zero-order valence-electron chi connectivity index (χ0n) is 39.9. The van der Waals surface area contributed by atoms with Gasteiger partial charge in [0.1, 0.15) is 29.6 Å². The first-order chi connectivity index (χ1) is 32.3. The van der Waals surface area contributed by atoms with Crippen molar-refractivity contribution in [3.63, 3.8) is 0 Å². The van der Waals surface area contributed by atoms with Crippen LogP contribution in [-0.4, -0.2) is 111 Å². The zero-order chi connectivity index (χ0) is 49.1. The standard InChI is InChI=1S/C27H31F4N3O.C18H29FN2.C9H7NO2.CH4/c1-26(2,16-20-6-5-8-22(28)14-20)34-12-10-19(11-13-34)17-33(18-27(29,30)31)25(35)24-15-21-7-3-4-9-23(21)32-24;1-4-20-14-15-8-10-21(11-9-15)18(2,3)13-16-6-5-7-17(19)12-16;11-9(12)8-5-6-3-1-2-4-7(6)10-8;/h3-9,14-15,19,32H,10-13,16-18H2,1-2H3;5-7,12,15,20H,4,8-11,13-14H2,1-3H3;1-5,10H,(H,11,12);1H4. The average Bonchev–Trinajstić information content (AvgIpc) is 3.94. The smallest absolute Gasteiger partial charge is 0.406 e. The summed E-state index contributed by atoms with van der Waals surface area (Å²) in [7, 11) is 0. The Hall–Kier alpha value is -5.57. The Bertz CT molecular complexity index is 2490. The Balaban J connectivity index is 0.000000219. The predicted octanol–water partition coefficient (Wildman–Crippen LogP) is 12.0. The van der Waals surface area contributed by atoms with E-state index in [1.54, 1.807) is 36.4 Å². The van der Waals surface area contributed by atoms with Gasteiger partial charge in [-0.1, -0.05) is 75.0 Å². The van der Waals surface area contributed by atoms with Gasteiger partial charge in [0.25, 0.3) is 5.91 Å². The van der Waals surface area contributed by atoms with E-state index >= 15 is 0 Å². The number of nitrogens with one attached hydrogen (secondary N) is 3. The van der Waals surface area contributed by atoms with E-state index < -0.39 is 24.6 Å². The third kappa shape index (κ3) is 16.0. The van der Waals surface area contributed by atoms with Crippen LogP contribution in [0.4, 0.5) is 22.0 Å². The molecule has 2 saturated heterocycles. The highest BCUT2D eigenvalue weighted by atomic mass is 19.4. The van der Waals surface area contributed by atoms with Gasteiger partial charge in [-0.15, -0.1) is 0 Å². The van der Waals surface area contributed by atoms with Gasteiger partial charge >= 0.3 is 12.1 Å². The number of hydrogen-bond donors (Lipinski definition) is 4. The summed E-state index contributed by atoms with van der Waals surface area (Å²) >= 11 is 0. The van der Waals surface area contributed by atoms with Gasteiger partial charge in [-0.2, -0.15) is 13.2 Å². The quantitative estimate of drug-likeness (QED) is 0.0810. The first-order valence-corrected chi connectivity index (χ1v) is 23.7. The van der Waals surface area contributed by atoms with Crippen LogP contribution < -0.4 is 5.32 Å². The number of nitrogens with zero attached hydrogens (tertiary/aromatic N) is 3. The second kappa shape index (κ2) is 24.3. The number of benzene rings is 4. The van der Waals surface area contributed by atoms with E-state index in [0.29, 0.717) is 32.4 Å². The number of carboxylic acids is 1. The molecule has 2 aliphatic heterocycles. The molecule has 6 aromatic rings. The first-order valence-electron chi connectivity index (χ1n) is 23.7. The van der Waals surface area contributed by atoms with E-state index in [4.69, 9.17) is 5.11 Å². The Labute approximate surface area is 404 Å². The summed E-state index contributed by atoms with van der Waals surface area (Å²) in [4.78, 5) is 35.2. The molecule has 14 heteroatoms. The molecule has 0 spiro atoms. The topological polar surface area (TPSA) is 108 Å². The van der Waals surface area contributed by atoms with E-state index in [2.05, 4.69) is 59.7 Å². The Kier molecular flexibility index (Phi) is 19.2. The molecule has 8 rings (SSSR count). The number of aromatic nitrogens is 2. The van der Waals surface area contributed by atoms with Crippen LogP contribution >= 0.6 is 0 Å². The molecule has 1 amide bonds. The molecule has 0 bridgehead atoms. The minimum absolute atomic E-state index is 0. The lowest BCUT2D eigenvalue weighted by molar-refractivity contribution is -0.142. The molecule has 374 valence electrons. The number of piperidine rings is 2. The van der Waals surface area contributed by atoms with Crippen molar-refractivity contribution in [2.24, 2.45) is 11.8 Å². The summed E-state index contributed by atoms with van der Waals surface area (Å²) in [6, 6.07) is 31.5. The van der Waals surface area contributed by atoms with Gasteiger partial charge in [0.05, 0.1) is 0 Å². The van der Waals surface area contributed by atoms with E-state index in [1.807, 2.05) is 60.7 Å². The van der Waals surface area contributed by atoms with Crippen LogP contribution in [0.15, 0.2) is 109 Å². The molecule has 0 unspecified atom stereocenters. The molecular formula is C55H71F5N6O3. The molecule has 9 nitrogen and oxygen atoms in total. The number of fused-ring (bicyclic) bond motifs is 2. The maximum Gasteiger partial charge on any atom is 0.406 e. The van der Waals surface area contributed by atoms with Crippen molar-refractivity contribution < 1.29 is 36.6 Å². The molecule has 4 aromatic carbocycles. The zero-order valence-corrected chi connectivity index (χ0v) is 39.9. The van der Waals surface area contributed by atoms with Crippen LogP contribution in [0, 0.1) is 23.5 Å². The number of para-hydroxylation sites is 2. The number of aromatic amines is 2. The summed E-state index contributed by atoms with van der Waals surface area (Å²) in [5, 5.41) is 13.8. The van der Waals surface area contributed by atoms with E-state index in [1.165, 1.54) is 25.0 Å². The highest BCUT2D eigenvalue weighted by Crippen LogP contribution is 2.30. The van der Waals surface area contributed by atoms with Crippen molar-refractivity contribution >= 4 is 33.7 Å². The van der Waals surface area contributed by atoms with E-state index in [-0.39, 0.29) is 54.0 Å². The lowest BCUT2D eigenvalue weighted by atomic mass is 9.88. The van der Waals surface area contributed by atoms with Gasteiger partial charge in [-0.25, -0.2) is 13.6 Å². The van der Waals surface area contributed by atoms with Gasteiger partial charge in [-0.3, -0.25) is 14.6 Å². The van der Waals surface area contributed by atoms with Crippen molar-refractivity contribution in [1.82, 2.24) is 30.0 Å². The first kappa shape index (κ1) is 54.4. The Morgan fingerprint density at radius 3 is 1.55 bits per heavy atom. The van der Waals surface area contributed by atoms with Crippen LogP contribution in [-0.2, 0) is 12.8 Å². The van der Waals surface area contributed by atoms with Crippen LogP contribution in [0.25, 0.3) is 21.8 Å². The summed E-state index contributed by atoms with van der Waals surface area (Å²) < 4.78 is 67.0. The van der Waals surface area contributed by atoms with E-state index in [0.717, 1.165) is 76.4 Å². The number of carboxylic acid groups (broad SMARTS) is 1. The van der Waals surface area contributed by atoms with Crippen molar-refractivity contribution in [2.75, 3.05) is 52.4 Å². The van der Waals surface area contributed by atoms with Gasteiger partial charge < -0.3 is 25.3 Å². The molecule has 2 aromatic heterocycles. The van der Waals surface area contributed by atoms with Gasteiger partial charge in [0, 0.05) is 39.4 Å². The van der Waals surface area contributed by atoms with Crippen LogP contribution in [0.3, 0.4) is 0 Å². The molecule has 0 radical (unpaired) electrons. The molecule has 4 N–H and O–H groups in total. The van der Waals surface area contributed by atoms with Crippen molar-refractivity contribution in [3.8, 4) is 0 Å². The predicted molar refractivity (Wildman–Crippen MR) is 268 cm³/mol. The molecule has 0 atom stereocenters. The maximum absolute atomic E-state index is 13.6. The fourth-order valence-electron chi connectivity index (χ4n) is 9.62. The molecule has 0 aliphatic carbocycles. The summed E-state index contributed by atoms with van der Waals surface area (Å²) in [5.74, 6) is -1.16. The van der Waals surface area contributed by atoms with Crippen molar-refractivity contribution in [3.05, 3.63) is 143 Å². The number of likely N-dealkylation sites (tertiary alicyclic amines) is 2. The molecule has 4 heterocycles. The molecular weight excluding hydrogens is 888 g/mol. The Morgan fingerprint density at radius 1 is 0.667 bits per heavy atom. The number of aromatic carboxylic acids is 1. The molecule has 2 aliphatic rings. The fourth-order valence-corrected chi connectivity index (χ4v) is 9.62. The van der Waals surface area contributed by atoms with Crippen LogP contribution in [0.2, 0.25) is 0 Å². The number of H-pyrrole nitrogens is 2. The number of halogens is 5. The third-order valence-corrected chi connectivity index (χ3v) is 13.3. The SMILES string of the molecule is C.CC(C)(Cc1cccc(F)c1)N1CCC(CN(CC(F)(F)F)C(=O)c2cc3ccccc3[nH]2)CC1.CCNCC1CCN(C(C)(C)Cc2cccc(F)c2)CC1.O=C(O)c1cc2ccccc2[nH]1. The highest BCUT2D eigenvalue weighted by molar-refractivity contribution is 5.98. The Morgan fingerprint density at radius 2 is 1.12 bits per heavy atom. The number of amides is 1. The minimum Gasteiger partial charge on any atom is -0.477 e. The van der Waals surface area contributed by atoms with Crippen molar-refractivity contribution in [1.29, 1.82) is 0 Å². The van der Waals surface area contributed by atoms with E-state index in [9.17, 15) is 31.5 Å². The third-order valence-electron chi connectivity index (χ3n) is 13.3. The van der Waals surface area contributed by atoms with Crippen molar-refractivity contribution in [2.45, 2.75) is 97.8 Å². The summed E-state index contributed by atoms with van der Waals surface area (Å²) in [5.41, 5.74) is 3.86. The number of hydrogen-bond acceptors (Lipinski definition) is 5. The maximum atomic E-state index is 13.6. The highest BCUT2D eigenvalue weighted by Gasteiger charge is 2.37. The summed E-state index contributed by atoms with van der Waals surface area (Å²) in [6.07, 6.45) is 1.02.